The van der Waals surface area contributed by atoms with Crippen LogP contribution in [0.5, 0.6) is 0 Å². The van der Waals surface area contributed by atoms with Crippen LogP contribution in [0.25, 0.3) is 10.9 Å². The molecule has 2 N–H and O–H groups in total. The summed E-state index contributed by atoms with van der Waals surface area (Å²) in [4.78, 5) is 3.67. The fourth-order valence-corrected chi connectivity index (χ4v) is 1.76. The van der Waals surface area contributed by atoms with E-state index in [1.165, 1.54) is 0 Å². The summed E-state index contributed by atoms with van der Waals surface area (Å²) in [5.74, 6) is 0. The van der Waals surface area contributed by atoms with Gasteiger partial charge in [-0.1, -0.05) is 25.1 Å². The van der Waals surface area contributed by atoms with Crippen molar-refractivity contribution in [3.8, 4) is 0 Å². The van der Waals surface area contributed by atoms with Crippen molar-refractivity contribution >= 4 is 16.6 Å². The van der Waals surface area contributed by atoms with Crippen LogP contribution in [0.3, 0.4) is 0 Å². The SMILES string of the molecule is CCc1cccc2c(N)cc(C(F)(F)F)nc12. The molecule has 0 unspecified atom stereocenters. The molecular formula is C12H11F3N2. The van der Waals surface area contributed by atoms with Crippen LogP contribution >= 0.6 is 0 Å². The zero-order valence-corrected chi connectivity index (χ0v) is 9.17. The zero-order valence-electron chi connectivity index (χ0n) is 9.17. The van der Waals surface area contributed by atoms with Crippen LogP contribution in [0.2, 0.25) is 0 Å². The summed E-state index contributed by atoms with van der Waals surface area (Å²) < 4.78 is 37.8. The highest BCUT2D eigenvalue weighted by molar-refractivity contribution is 5.92. The van der Waals surface area contributed by atoms with Gasteiger partial charge < -0.3 is 5.73 Å². The topological polar surface area (TPSA) is 38.9 Å². The van der Waals surface area contributed by atoms with Crippen molar-refractivity contribution in [3.63, 3.8) is 0 Å². The number of fused-ring (bicyclic) bond motifs is 1. The minimum absolute atomic E-state index is 0.109. The molecule has 17 heavy (non-hydrogen) atoms. The van der Waals surface area contributed by atoms with Crippen LogP contribution < -0.4 is 5.73 Å². The van der Waals surface area contributed by atoms with Crippen molar-refractivity contribution in [2.24, 2.45) is 0 Å². The van der Waals surface area contributed by atoms with E-state index in [4.69, 9.17) is 5.73 Å². The number of aromatic nitrogens is 1. The van der Waals surface area contributed by atoms with Gasteiger partial charge in [-0.15, -0.1) is 0 Å². The summed E-state index contributed by atoms with van der Waals surface area (Å²) in [5, 5.41) is 0.567. The largest absolute Gasteiger partial charge is 0.433 e. The number of hydrogen-bond acceptors (Lipinski definition) is 2. The lowest BCUT2D eigenvalue weighted by Crippen LogP contribution is -2.09. The third-order valence-electron chi connectivity index (χ3n) is 2.63. The quantitative estimate of drug-likeness (QED) is 0.829. The minimum atomic E-state index is -4.47. The van der Waals surface area contributed by atoms with E-state index in [2.05, 4.69) is 4.98 Å². The summed E-state index contributed by atoms with van der Waals surface area (Å²) in [5.41, 5.74) is 5.90. The maximum Gasteiger partial charge on any atom is 0.433 e. The van der Waals surface area contributed by atoms with Gasteiger partial charge in [0.1, 0.15) is 5.69 Å². The molecule has 0 amide bonds. The Hall–Kier alpha value is -1.78. The van der Waals surface area contributed by atoms with Crippen molar-refractivity contribution in [3.05, 3.63) is 35.5 Å². The van der Waals surface area contributed by atoms with Crippen LogP contribution in [0.4, 0.5) is 18.9 Å². The standard InChI is InChI=1S/C12H11F3N2/c1-2-7-4-3-5-8-9(16)6-10(12(13,14)15)17-11(7)8/h3-6H,2H2,1H3,(H2,16,17). The van der Waals surface area contributed by atoms with Crippen LogP contribution in [0, 0.1) is 0 Å². The van der Waals surface area contributed by atoms with Crippen molar-refractivity contribution in [2.75, 3.05) is 5.73 Å². The number of nitrogen functional groups attached to an aromatic ring is 1. The molecule has 5 heteroatoms. The molecule has 0 radical (unpaired) electrons. The number of halogens is 3. The molecule has 0 bridgehead atoms. The normalized spacial score (nSPS) is 12.0. The molecule has 0 aliphatic heterocycles. The molecule has 0 saturated carbocycles. The summed E-state index contributed by atoms with van der Waals surface area (Å²) >= 11 is 0. The molecule has 2 rings (SSSR count). The number of benzene rings is 1. The number of alkyl halides is 3. The first-order valence-corrected chi connectivity index (χ1v) is 5.18. The zero-order chi connectivity index (χ0) is 12.6. The van der Waals surface area contributed by atoms with Crippen molar-refractivity contribution in [1.29, 1.82) is 0 Å². The summed E-state index contributed by atoms with van der Waals surface area (Å²) in [7, 11) is 0. The first-order valence-electron chi connectivity index (χ1n) is 5.18. The number of rotatable bonds is 1. The van der Waals surface area contributed by atoms with Crippen LogP contribution in [0.15, 0.2) is 24.3 Å². The molecule has 0 fully saturated rings. The molecule has 1 aromatic carbocycles. The van der Waals surface area contributed by atoms with E-state index in [0.717, 1.165) is 11.6 Å². The summed E-state index contributed by atoms with van der Waals surface area (Å²) in [6.45, 7) is 1.87. The van der Waals surface area contributed by atoms with Gasteiger partial charge >= 0.3 is 6.18 Å². The molecule has 2 nitrogen and oxygen atoms in total. The number of pyridine rings is 1. The third-order valence-corrected chi connectivity index (χ3v) is 2.63. The highest BCUT2D eigenvalue weighted by Crippen LogP contribution is 2.32. The lowest BCUT2D eigenvalue weighted by atomic mass is 10.1. The molecule has 0 saturated heterocycles. The Balaban J connectivity index is 2.79. The number of nitrogens with zero attached hydrogens (tertiary/aromatic N) is 1. The molecular weight excluding hydrogens is 229 g/mol. The highest BCUT2D eigenvalue weighted by Gasteiger charge is 2.33. The fraction of sp³-hybridized carbons (Fsp3) is 0.250. The molecule has 2 aromatic rings. The molecule has 0 atom stereocenters. The fourth-order valence-electron chi connectivity index (χ4n) is 1.76. The van der Waals surface area contributed by atoms with Crippen molar-refractivity contribution in [1.82, 2.24) is 4.98 Å². The van der Waals surface area contributed by atoms with Gasteiger partial charge in [0.25, 0.3) is 0 Å². The van der Waals surface area contributed by atoms with Gasteiger partial charge in [-0.05, 0) is 18.1 Å². The predicted octanol–water partition coefficient (Wildman–Crippen LogP) is 3.40. The monoisotopic (exact) mass is 240 g/mol. The minimum Gasteiger partial charge on any atom is -0.398 e. The Morgan fingerprint density at radius 1 is 1.29 bits per heavy atom. The number of hydrogen-bond donors (Lipinski definition) is 1. The van der Waals surface area contributed by atoms with Crippen molar-refractivity contribution < 1.29 is 13.2 Å². The number of para-hydroxylation sites is 1. The van der Waals surface area contributed by atoms with Crippen LogP contribution in [-0.2, 0) is 12.6 Å². The summed E-state index contributed by atoms with van der Waals surface area (Å²) in [6, 6.07) is 6.08. The van der Waals surface area contributed by atoms with Crippen molar-refractivity contribution in [2.45, 2.75) is 19.5 Å². The van der Waals surface area contributed by atoms with Gasteiger partial charge in [0, 0.05) is 11.1 Å². The Morgan fingerprint density at radius 3 is 2.59 bits per heavy atom. The van der Waals surface area contributed by atoms with Crippen LogP contribution in [0.1, 0.15) is 18.2 Å². The average molecular weight is 240 g/mol. The van der Waals surface area contributed by atoms with Gasteiger partial charge in [0.2, 0.25) is 0 Å². The number of aryl methyl sites for hydroxylation is 1. The second-order valence-electron chi connectivity index (χ2n) is 3.76. The van der Waals surface area contributed by atoms with Gasteiger partial charge in [0.05, 0.1) is 5.52 Å². The lowest BCUT2D eigenvalue weighted by Gasteiger charge is -2.11. The van der Waals surface area contributed by atoms with E-state index in [-0.39, 0.29) is 5.69 Å². The maximum atomic E-state index is 12.6. The first-order chi connectivity index (χ1) is 7.93. The molecule has 0 spiro atoms. The second kappa shape index (κ2) is 3.91. The Labute approximate surface area is 96.3 Å². The Kier molecular flexibility index (Phi) is 2.69. The maximum absolute atomic E-state index is 12.6. The Bertz CT molecular complexity index is 561. The molecule has 0 aliphatic rings. The molecule has 1 aromatic heterocycles. The number of anilines is 1. The molecule has 1 heterocycles. The van der Waals surface area contributed by atoms with E-state index in [1.807, 2.05) is 6.92 Å². The van der Waals surface area contributed by atoms with E-state index in [0.29, 0.717) is 17.3 Å². The smallest absolute Gasteiger partial charge is 0.398 e. The van der Waals surface area contributed by atoms with Crippen LogP contribution in [-0.4, -0.2) is 4.98 Å². The third kappa shape index (κ3) is 2.05. The first kappa shape index (κ1) is 11.7. The van der Waals surface area contributed by atoms with Gasteiger partial charge in [-0.2, -0.15) is 13.2 Å². The predicted molar refractivity (Wildman–Crippen MR) is 60.5 cm³/mol. The molecule has 0 aliphatic carbocycles. The average Bonchev–Trinajstić information content (AvgIpc) is 2.27. The Morgan fingerprint density at radius 2 is 2.00 bits per heavy atom. The van der Waals surface area contributed by atoms with E-state index < -0.39 is 11.9 Å². The van der Waals surface area contributed by atoms with E-state index in [1.54, 1.807) is 18.2 Å². The van der Waals surface area contributed by atoms with E-state index >= 15 is 0 Å². The van der Waals surface area contributed by atoms with Gasteiger partial charge in [-0.25, -0.2) is 4.98 Å². The molecule has 90 valence electrons. The van der Waals surface area contributed by atoms with E-state index in [9.17, 15) is 13.2 Å². The lowest BCUT2D eigenvalue weighted by molar-refractivity contribution is -0.140. The summed E-state index contributed by atoms with van der Waals surface area (Å²) in [6.07, 6.45) is -3.85. The highest BCUT2D eigenvalue weighted by atomic mass is 19.4. The number of nitrogens with two attached hydrogens (primary N) is 1. The van der Waals surface area contributed by atoms with Gasteiger partial charge in [-0.3, -0.25) is 0 Å². The second-order valence-corrected chi connectivity index (χ2v) is 3.76. The van der Waals surface area contributed by atoms with Gasteiger partial charge in [0.15, 0.2) is 0 Å².